The van der Waals surface area contributed by atoms with Gasteiger partial charge in [0.1, 0.15) is 0 Å². The van der Waals surface area contributed by atoms with E-state index in [-0.39, 0.29) is 23.8 Å². The van der Waals surface area contributed by atoms with Crippen molar-refractivity contribution >= 4 is 23.3 Å². The van der Waals surface area contributed by atoms with Crippen LogP contribution in [0.25, 0.3) is 11.1 Å². The van der Waals surface area contributed by atoms with Crippen molar-refractivity contribution in [1.29, 1.82) is 0 Å². The summed E-state index contributed by atoms with van der Waals surface area (Å²) in [7, 11) is 1.41. The topological polar surface area (TPSA) is 58.6 Å². The van der Waals surface area contributed by atoms with Gasteiger partial charge in [-0.15, -0.1) is 0 Å². The largest absolute Gasteiger partial charge is 0.469 e. The van der Waals surface area contributed by atoms with Gasteiger partial charge in [-0.25, -0.2) is 0 Å². The van der Waals surface area contributed by atoms with E-state index >= 15 is 0 Å². The second kappa shape index (κ2) is 9.92. The molecular formula is C29H27F3N2O3. The summed E-state index contributed by atoms with van der Waals surface area (Å²) in [5.41, 5.74) is 4.19. The van der Waals surface area contributed by atoms with Crippen LogP contribution in [0.15, 0.2) is 66.7 Å². The molecule has 1 N–H and O–H groups in total. The van der Waals surface area contributed by atoms with Gasteiger partial charge in [-0.05, 0) is 84.8 Å². The number of halogens is 3. The van der Waals surface area contributed by atoms with Crippen molar-refractivity contribution in [2.24, 2.45) is 5.92 Å². The van der Waals surface area contributed by atoms with Gasteiger partial charge in [-0.1, -0.05) is 24.3 Å². The Kier molecular flexibility index (Phi) is 6.67. The smallest absolute Gasteiger partial charge is 0.416 e. The highest BCUT2D eigenvalue weighted by molar-refractivity contribution is 5.99. The second-order valence-corrected chi connectivity index (χ2v) is 9.61. The first-order valence-corrected chi connectivity index (χ1v) is 12.3. The Morgan fingerprint density at radius 2 is 1.49 bits per heavy atom. The highest BCUT2D eigenvalue weighted by Gasteiger charge is 2.36. The van der Waals surface area contributed by atoms with Crippen LogP contribution in [0.5, 0.6) is 0 Å². The molecule has 192 valence electrons. The molecule has 5 rings (SSSR count). The Labute approximate surface area is 213 Å². The van der Waals surface area contributed by atoms with E-state index in [0.717, 1.165) is 60.2 Å². The molecule has 0 spiro atoms. The number of alkyl halides is 3. The molecular weight excluding hydrogens is 481 g/mol. The molecule has 1 heterocycles. The summed E-state index contributed by atoms with van der Waals surface area (Å²) in [5.74, 6) is -0.219. The number of nitrogens with zero attached hydrogens (tertiary/aromatic N) is 1. The average Bonchev–Trinajstić information content (AvgIpc) is 3.24. The molecule has 0 saturated heterocycles. The zero-order valence-electron chi connectivity index (χ0n) is 20.3. The van der Waals surface area contributed by atoms with Gasteiger partial charge in [0.2, 0.25) is 0 Å². The van der Waals surface area contributed by atoms with Gasteiger partial charge in [0.15, 0.2) is 0 Å². The molecule has 1 saturated carbocycles. The number of esters is 1. The van der Waals surface area contributed by atoms with Gasteiger partial charge in [0.05, 0.1) is 18.6 Å². The number of anilines is 2. The van der Waals surface area contributed by atoms with Crippen molar-refractivity contribution in [2.75, 3.05) is 12.4 Å². The van der Waals surface area contributed by atoms with Gasteiger partial charge in [-0.2, -0.15) is 13.2 Å². The quantitative estimate of drug-likeness (QED) is 0.385. The zero-order chi connectivity index (χ0) is 26.2. The lowest BCUT2D eigenvalue weighted by Gasteiger charge is -2.33. The van der Waals surface area contributed by atoms with E-state index in [4.69, 9.17) is 4.74 Å². The number of nitrogens with one attached hydrogen (secondary N) is 1. The number of methoxy groups -OCH3 is 1. The molecule has 0 atom stereocenters. The summed E-state index contributed by atoms with van der Waals surface area (Å²) in [6.45, 7) is 0.581. The van der Waals surface area contributed by atoms with Crippen LogP contribution in [0, 0.1) is 5.92 Å². The first-order valence-electron chi connectivity index (χ1n) is 12.3. The lowest BCUT2D eigenvalue weighted by Crippen LogP contribution is -2.39. The summed E-state index contributed by atoms with van der Waals surface area (Å²) < 4.78 is 43.2. The molecule has 0 radical (unpaired) electrons. The van der Waals surface area contributed by atoms with E-state index in [0.29, 0.717) is 17.8 Å². The summed E-state index contributed by atoms with van der Waals surface area (Å²) in [4.78, 5) is 27.0. The molecule has 3 aromatic rings. The number of benzene rings is 3. The van der Waals surface area contributed by atoms with Crippen molar-refractivity contribution < 1.29 is 27.5 Å². The van der Waals surface area contributed by atoms with Crippen LogP contribution in [-0.4, -0.2) is 29.9 Å². The second-order valence-electron chi connectivity index (χ2n) is 9.61. The first kappa shape index (κ1) is 24.9. The van der Waals surface area contributed by atoms with Crippen LogP contribution in [0.4, 0.5) is 24.5 Å². The highest BCUT2D eigenvalue weighted by atomic mass is 19.4. The number of hydrogen-bond donors (Lipinski definition) is 1. The Hall–Kier alpha value is -3.81. The Morgan fingerprint density at radius 1 is 0.892 bits per heavy atom. The molecule has 0 unspecified atom stereocenters. The van der Waals surface area contributed by atoms with Gasteiger partial charge in [0.25, 0.3) is 5.91 Å². The molecule has 3 aromatic carbocycles. The molecule has 0 bridgehead atoms. The third-order valence-electron chi connectivity index (χ3n) is 7.33. The Balaban J connectivity index is 1.25. The maximum Gasteiger partial charge on any atom is 0.416 e. The van der Waals surface area contributed by atoms with Gasteiger partial charge < -0.3 is 15.0 Å². The molecule has 1 aliphatic heterocycles. The monoisotopic (exact) mass is 508 g/mol. The maximum absolute atomic E-state index is 13.2. The minimum Gasteiger partial charge on any atom is -0.469 e. The number of fused-ring (bicyclic) bond motifs is 1. The van der Waals surface area contributed by atoms with E-state index in [1.165, 1.54) is 19.2 Å². The fourth-order valence-electron chi connectivity index (χ4n) is 5.24. The molecule has 1 aliphatic carbocycles. The number of rotatable bonds is 5. The first-order chi connectivity index (χ1) is 17.7. The highest BCUT2D eigenvalue weighted by Crippen LogP contribution is 2.36. The summed E-state index contributed by atoms with van der Waals surface area (Å²) in [6, 6.07) is 18.5. The standard InChI is InChI=1S/C29H27F3N2O3/c1-37-28(36)19-6-14-25(15-7-19)34-17-21-3-2-20(16-26(21)27(34)35)18-4-10-23(11-5-18)33-24-12-8-22(9-13-24)29(30,31)32/h2-5,8-13,16,19,25,33H,6-7,14-15,17H2,1H3/t19-,25-. The zero-order valence-corrected chi connectivity index (χ0v) is 20.3. The van der Waals surface area contributed by atoms with Crippen LogP contribution in [-0.2, 0) is 22.3 Å². The predicted octanol–water partition coefficient (Wildman–Crippen LogP) is 6.80. The van der Waals surface area contributed by atoms with E-state index in [1.54, 1.807) is 0 Å². The number of ether oxygens (including phenoxy) is 1. The number of amides is 1. The van der Waals surface area contributed by atoms with Crippen molar-refractivity contribution in [3.8, 4) is 11.1 Å². The third kappa shape index (κ3) is 5.19. The lowest BCUT2D eigenvalue weighted by molar-refractivity contribution is -0.146. The fourth-order valence-corrected chi connectivity index (χ4v) is 5.24. The average molecular weight is 509 g/mol. The minimum atomic E-state index is -4.36. The van der Waals surface area contributed by atoms with Gasteiger partial charge >= 0.3 is 12.1 Å². The maximum atomic E-state index is 13.2. The third-order valence-corrected chi connectivity index (χ3v) is 7.33. The van der Waals surface area contributed by atoms with E-state index in [1.807, 2.05) is 47.4 Å². The van der Waals surface area contributed by atoms with Crippen LogP contribution in [0.3, 0.4) is 0 Å². The summed E-state index contributed by atoms with van der Waals surface area (Å²) >= 11 is 0. The number of carbonyl (C=O) groups excluding carboxylic acids is 2. The van der Waals surface area contributed by atoms with Gasteiger partial charge in [0, 0.05) is 29.5 Å². The fraction of sp³-hybridized carbons (Fsp3) is 0.310. The number of hydrogen-bond acceptors (Lipinski definition) is 4. The molecule has 8 heteroatoms. The van der Waals surface area contributed by atoms with Crippen molar-refractivity contribution in [2.45, 2.75) is 44.4 Å². The molecule has 5 nitrogen and oxygen atoms in total. The van der Waals surface area contributed by atoms with Crippen LogP contribution in [0.2, 0.25) is 0 Å². The normalized spacial score (nSPS) is 19.5. The van der Waals surface area contributed by atoms with Gasteiger partial charge in [-0.3, -0.25) is 9.59 Å². The SMILES string of the molecule is COC(=O)[C@H]1CC[C@H](N2Cc3ccc(-c4ccc(Nc5ccc(C(F)(F)F)cc5)cc4)cc3C2=O)CC1. The van der Waals surface area contributed by atoms with E-state index < -0.39 is 11.7 Å². The van der Waals surface area contributed by atoms with Crippen LogP contribution >= 0.6 is 0 Å². The number of carbonyl (C=O) groups is 2. The Morgan fingerprint density at radius 3 is 2.08 bits per heavy atom. The van der Waals surface area contributed by atoms with Crippen molar-refractivity contribution in [3.05, 3.63) is 83.4 Å². The molecule has 37 heavy (non-hydrogen) atoms. The minimum absolute atomic E-state index is 0.0268. The molecule has 2 aliphatic rings. The molecule has 0 aromatic heterocycles. The predicted molar refractivity (Wildman–Crippen MR) is 134 cm³/mol. The lowest BCUT2D eigenvalue weighted by atomic mass is 9.85. The van der Waals surface area contributed by atoms with Crippen LogP contribution < -0.4 is 5.32 Å². The molecule has 1 fully saturated rings. The molecule has 1 amide bonds. The van der Waals surface area contributed by atoms with Crippen molar-refractivity contribution in [3.63, 3.8) is 0 Å². The van der Waals surface area contributed by atoms with E-state index in [9.17, 15) is 22.8 Å². The van der Waals surface area contributed by atoms with E-state index in [2.05, 4.69) is 5.32 Å². The van der Waals surface area contributed by atoms with Crippen molar-refractivity contribution in [1.82, 2.24) is 4.90 Å². The van der Waals surface area contributed by atoms with Crippen LogP contribution in [0.1, 0.15) is 47.2 Å². The Bertz CT molecular complexity index is 1300. The summed E-state index contributed by atoms with van der Waals surface area (Å²) in [5, 5.41) is 3.11. The summed E-state index contributed by atoms with van der Waals surface area (Å²) in [6.07, 6.45) is -1.32.